The van der Waals surface area contributed by atoms with Crippen molar-refractivity contribution in [1.82, 2.24) is 0 Å². The van der Waals surface area contributed by atoms with Crippen molar-refractivity contribution in [3.8, 4) is 0 Å². The van der Waals surface area contributed by atoms with Crippen molar-refractivity contribution in [2.75, 3.05) is 13.2 Å². The molecule has 0 aliphatic carbocycles. The molecule has 0 bridgehead atoms. The number of allylic oxidation sites excluding steroid dienone is 1. The van der Waals surface area contributed by atoms with E-state index in [4.69, 9.17) is 18.9 Å². The first-order valence-corrected chi connectivity index (χ1v) is 12.4. The van der Waals surface area contributed by atoms with Gasteiger partial charge in [-0.25, -0.2) is 0 Å². The molecule has 0 amide bonds. The molecule has 3 rings (SSSR count). The summed E-state index contributed by atoms with van der Waals surface area (Å²) in [5, 5.41) is 39.7. The molecule has 8 heteroatoms. The molecule has 2 aromatic rings. The SMILES string of the molecule is C/C=C/C[C@@H](OCc1ccccc1)[C@H](CCOC1OC(CO)C(O)C(O)C1O)OCc1ccccc1. The Morgan fingerprint density at radius 3 is 1.97 bits per heavy atom. The highest BCUT2D eigenvalue weighted by Gasteiger charge is 2.44. The van der Waals surface area contributed by atoms with Gasteiger partial charge in [-0.05, 0) is 30.9 Å². The average molecular weight is 503 g/mol. The van der Waals surface area contributed by atoms with Gasteiger partial charge in [0.1, 0.15) is 24.4 Å². The summed E-state index contributed by atoms with van der Waals surface area (Å²) < 4.78 is 23.8. The van der Waals surface area contributed by atoms with Gasteiger partial charge in [-0.1, -0.05) is 72.8 Å². The zero-order chi connectivity index (χ0) is 25.8. The maximum Gasteiger partial charge on any atom is 0.186 e. The van der Waals surface area contributed by atoms with Gasteiger partial charge in [-0.15, -0.1) is 0 Å². The van der Waals surface area contributed by atoms with Crippen LogP contribution in [-0.2, 0) is 32.2 Å². The molecular formula is C28H38O8. The molecule has 1 aliphatic heterocycles. The fourth-order valence-electron chi connectivity index (χ4n) is 4.03. The number of ether oxygens (including phenoxy) is 4. The summed E-state index contributed by atoms with van der Waals surface area (Å²) in [5.74, 6) is 0. The van der Waals surface area contributed by atoms with Crippen LogP contribution >= 0.6 is 0 Å². The lowest BCUT2D eigenvalue weighted by atomic mass is 9.99. The normalized spacial score (nSPS) is 26.2. The first-order valence-electron chi connectivity index (χ1n) is 12.4. The zero-order valence-corrected chi connectivity index (χ0v) is 20.6. The van der Waals surface area contributed by atoms with E-state index in [2.05, 4.69) is 0 Å². The van der Waals surface area contributed by atoms with Crippen LogP contribution in [0.3, 0.4) is 0 Å². The van der Waals surface area contributed by atoms with Crippen molar-refractivity contribution >= 4 is 0 Å². The van der Waals surface area contributed by atoms with Gasteiger partial charge in [-0.2, -0.15) is 0 Å². The van der Waals surface area contributed by atoms with Gasteiger partial charge in [0.15, 0.2) is 6.29 Å². The van der Waals surface area contributed by atoms with Crippen molar-refractivity contribution in [2.45, 2.75) is 75.9 Å². The Hall–Kier alpha value is -2.14. The van der Waals surface area contributed by atoms with E-state index in [1.165, 1.54) is 0 Å². The maximum absolute atomic E-state index is 10.3. The molecule has 7 atom stereocenters. The molecule has 36 heavy (non-hydrogen) atoms. The van der Waals surface area contributed by atoms with E-state index in [-0.39, 0.29) is 18.8 Å². The fourth-order valence-corrected chi connectivity index (χ4v) is 4.03. The number of aliphatic hydroxyl groups excluding tert-OH is 4. The molecule has 0 radical (unpaired) electrons. The van der Waals surface area contributed by atoms with E-state index in [9.17, 15) is 20.4 Å². The molecule has 1 aliphatic rings. The van der Waals surface area contributed by atoms with Gasteiger partial charge in [0.2, 0.25) is 0 Å². The molecule has 198 valence electrons. The Morgan fingerprint density at radius 1 is 0.833 bits per heavy atom. The molecule has 8 nitrogen and oxygen atoms in total. The molecular weight excluding hydrogens is 464 g/mol. The lowest BCUT2D eigenvalue weighted by Gasteiger charge is -2.39. The molecule has 0 aromatic heterocycles. The maximum atomic E-state index is 10.3. The second-order valence-corrected chi connectivity index (χ2v) is 8.83. The van der Waals surface area contributed by atoms with E-state index < -0.39 is 37.3 Å². The Kier molecular flexibility index (Phi) is 12.0. The fraction of sp³-hybridized carbons (Fsp3) is 0.500. The molecule has 0 saturated carbocycles. The minimum Gasteiger partial charge on any atom is -0.394 e. The number of benzene rings is 2. The van der Waals surface area contributed by atoms with Gasteiger partial charge < -0.3 is 39.4 Å². The summed E-state index contributed by atoms with van der Waals surface area (Å²) >= 11 is 0. The third-order valence-electron chi connectivity index (χ3n) is 6.17. The topological polar surface area (TPSA) is 118 Å². The second-order valence-electron chi connectivity index (χ2n) is 8.83. The van der Waals surface area contributed by atoms with E-state index in [0.717, 1.165) is 11.1 Å². The highest BCUT2D eigenvalue weighted by molar-refractivity contribution is 5.14. The number of aliphatic hydroxyl groups is 4. The monoisotopic (exact) mass is 502 g/mol. The van der Waals surface area contributed by atoms with Gasteiger partial charge in [0.05, 0.1) is 38.6 Å². The van der Waals surface area contributed by atoms with Crippen molar-refractivity contribution < 1.29 is 39.4 Å². The van der Waals surface area contributed by atoms with Gasteiger partial charge in [0.25, 0.3) is 0 Å². The Balaban J connectivity index is 1.66. The van der Waals surface area contributed by atoms with Crippen LogP contribution in [0.2, 0.25) is 0 Å². The van der Waals surface area contributed by atoms with E-state index in [1.54, 1.807) is 0 Å². The highest BCUT2D eigenvalue weighted by Crippen LogP contribution is 2.23. The number of hydrogen-bond acceptors (Lipinski definition) is 8. The second kappa shape index (κ2) is 15.2. The zero-order valence-electron chi connectivity index (χ0n) is 20.6. The summed E-state index contributed by atoms with van der Waals surface area (Å²) in [4.78, 5) is 0. The molecule has 1 fully saturated rings. The summed E-state index contributed by atoms with van der Waals surface area (Å²) in [7, 11) is 0. The molecule has 1 heterocycles. The Bertz CT molecular complexity index is 876. The first kappa shape index (κ1) is 28.4. The van der Waals surface area contributed by atoms with E-state index in [1.807, 2.05) is 79.7 Å². The quantitative estimate of drug-likeness (QED) is 0.291. The van der Waals surface area contributed by atoms with Crippen LogP contribution in [0.5, 0.6) is 0 Å². The molecule has 1 saturated heterocycles. The van der Waals surface area contributed by atoms with Crippen molar-refractivity contribution in [1.29, 1.82) is 0 Å². The van der Waals surface area contributed by atoms with Crippen LogP contribution in [0.4, 0.5) is 0 Å². The Morgan fingerprint density at radius 2 is 1.42 bits per heavy atom. The summed E-state index contributed by atoms with van der Waals surface area (Å²) in [6.45, 7) is 2.42. The standard InChI is InChI=1S/C28H38O8/c1-2-3-14-22(34-18-20-10-6-4-7-11-20)23(35-19-21-12-8-5-9-13-21)15-16-33-28-27(32)26(31)25(30)24(17-29)36-28/h2-13,22-32H,14-19H2,1H3/b3-2+/t22-,23+,24?,25?,26?,27?,28?/m1/s1. The minimum atomic E-state index is -1.48. The van der Waals surface area contributed by atoms with Crippen LogP contribution < -0.4 is 0 Å². The predicted molar refractivity (Wildman–Crippen MR) is 134 cm³/mol. The smallest absolute Gasteiger partial charge is 0.186 e. The van der Waals surface area contributed by atoms with E-state index >= 15 is 0 Å². The van der Waals surface area contributed by atoms with Crippen LogP contribution in [0.1, 0.15) is 30.9 Å². The number of rotatable bonds is 14. The lowest BCUT2D eigenvalue weighted by molar-refractivity contribution is -0.302. The molecule has 2 aromatic carbocycles. The third-order valence-corrected chi connectivity index (χ3v) is 6.17. The van der Waals surface area contributed by atoms with Crippen molar-refractivity contribution in [2.24, 2.45) is 0 Å². The van der Waals surface area contributed by atoms with E-state index in [0.29, 0.717) is 26.1 Å². The van der Waals surface area contributed by atoms with Crippen LogP contribution in [-0.4, -0.2) is 76.6 Å². The van der Waals surface area contributed by atoms with Gasteiger partial charge in [-0.3, -0.25) is 0 Å². The van der Waals surface area contributed by atoms with Crippen molar-refractivity contribution in [3.05, 3.63) is 83.9 Å². The van der Waals surface area contributed by atoms with Crippen LogP contribution in [0.15, 0.2) is 72.8 Å². The van der Waals surface area contributed by atoms with Crippen molar-refractivity contribution in [3.63, 3.8) is 0 Å². The largest absolute Gasteiger partial charge is 0.394 e. The van der Waals surface area contributed by atoms with Crippen LogP contribution in [0, 0.1) is 0 Å². The predicted octanol–water partition coefficient (Wildman–Crippen LogP) is 2.33. The lowest BCUT2D eigenvalue weighted by Crippen LogP contribution is -2.59. The summed E-state index contributed by atoms with van der Waals surface area (Å²) in [5.41, 5.74) is 2.09. The minimum absolute atomic E-state index is 0.142. The Labute approximate surface area is 212 Å². The number of hydrogen-bond donors (Lipinski definition) is 4. The third kappa shape index (κ3) is 8.47. The first-order chi connectivity index (χ1) is 17.5. The average Bonchev–Trinajstić information content (AvgIpc) is 2.92. The van der Waals surface area contributed by atoms with Gasteiger partial charge >= 0.3 is 0 Å². The van der Waals surface area contributed by atoms with Gasteiger partial charge in [0, 0.05) is 0 Å². The summed E-state index contributed by atoms with van der Waals surface area (Å²) in [6, 6.07) is 19.8. The molecule has 0 spiro atoms. The molecule has 5 unspecified atom stereocenters. The van der Waals surface area contributed by atoms with Crippen LogP contribution in [0.25, 0.3) is 0 Å². The summed E-state index contributed by atoms with van der Waals surface area (Å²) in [6.07, 6.45) is -2.08. The molecule has 4 N–H and O–H groups in total. The highest BCUT2D eigenvalue weighted by atomic mass is 16.7.